The Morgan fingerprint density at radius 3 is 2.44 bits per heavy atom. The van der Waals surface area contributed by atoms with Crippen LogP contribution in [0.25, 0.3) is 0 Å². The van der Waals surface area contributed by atoms with Crippen molar-refractivity contribution >= 4 is 23.1 Å². The lowest BCUT2D eigenvalue weighted by Gasteiger charge is -2.45. The van der Waals surface area contributed by atoms with Crippen molar-refractivity contribution in [2.45, 2.75) is 38.4 Å². The number of hydrogen-bond acceptors (Lipinski definition) is 6. The highest BCUT2D eigenvalue weighted by molar-refractivity contribution is 7.09. The van der Waals surface area contributed by atoms with Crippen LogP contribution in [0.4, 0.5) is 27.8 Å². The molecule has 0 bridgehead atoms. The van der Waals surface area contributed by atoms with Gasteiger partial charge in [-0.05, 0) is 36.9 Å². The summed E-state index contributed by atoms with van der Waals surface area (Å²) in [4.78, 5) is 14.3. The standard InChI is InChI=1S/C18H22F2N4S.C2HF3O2/c1-14-4-5-16(22-21-14)24-9-6-17(13-24)12-23(8-7-18(17,19)20)11-15-3-2-10-25-15;3-2(4,5)1(6)7/h2-5,10H,6-9,11-13H2,1H3;(H,6,7). The second kappa shape index (κ2) is 9.26. The number of halogens is 5. The number of anilines is 1. The van der Waals surface area contributed by atoms with E-state index in [2.05, 4.69) is 21.2 Å². The van der Waals surface area contributed by atoms with Crippen LogP contribution >= 0.6 is 11.3 Å². The molecule has 12 heteroatoms. The Hall–Kier alpha value is -2.34. The third-order valence-corrected chi connectivity index (χ3v) is 6.57. The smallest absolute Gasteiger partial charge is 0.475 e. The fourth-order valence-electron chi connectivity index (χ4n) is 4.00. The number of carboxylic acids is 1. The van der Waals surface area contributed by atoms with Crippen molar-refractivity contribution < 1.29 is 31.9 Å². The van der Waals surface area contributed by atoms with E-state index >= 15 is 0 Å². The van der Waals surface area contributed by atoms with Crippen LogP contribution in [0.15, 0.2) is 29.6 Å². The van der Waals surface area contributed by atoms with Gasteiger partial charge in [0.25, 0.3) is 5.92 Å². The highest BCUT2D eigenvalue weighted by Crippen LogP contribution is 2.50. The van der Waals surface area contributed by atoms with Gasteiger partial charge in [0.15, 0.2) is 5.82 Å². The number of rotatable bonds is 3. The first-order chi connectivity index (χ1) is 14.9. The molecule has 1 spiro atoms. The second-order valence-electron chi connectivity index (χ2n) is 8.03. The van der Waals surface area contributed by atoms with Crippen LogP contribution in [-0.4, -0.2) is 64.5 Å². The molecule has 0 radical (unpaired) electrons. The molecule has 0 aliphatic carbocycles. The first-order valence-electron chi connectivity index (χ1n) is 9.90. The number of aliphatic carboxylic acids is 1. The van der Waals surface area contributed by atoms with E-state index in [1.54, 1.807) is 11.3 Å². The molecule has 2 fully saturated rings. The predicted molar refractivity (Wildman–Crippen MR) is 109 cm³/mol. The van der Waals surface area contributed by atoms with Gasteiger partial charge in [-0.3, -0.25) is 4.90 Å². The van der Waals surface area contributed by atoms with Gasteiger partial charge in [-0.1, -0.05) is 6.07 Å². The van der Waals surface area contributed by atoms with Gasteiger partial charge >= 0.3 is 12.1 Å². The summed E-state index contributed by atoms with van der Waals surface area (Å²) >= 11 is 1.69. The maximum Gasteiger partial charge on any atom is 0.490 e. The number of piperidine rings is 1. The molecule has 2 aliphatic heterocycles. The zero-order valence-electron chi connectivity index (χ0n) is 17.3. The molecule has 6 nitrogen and oxygen atoms in total. The molecule has 2 saturated heterocycles. The molecule has 0 amide bonds. The largest absolute Gasteiger partial charge is 0.490 e. The highest BCUT2D eigenvalue weighted by Gasteiger charge is 2.59. The topological polar surface area (TPSA) is 69.6 Å². The summed E-state index contributed by atoms with van der Waals surface area (Å²) in [6.07, 6.45) is -4.65. The number of thiophene rings is 1. The lowest BCUT2D eigenvalue weighted by molar-refractivity contribution is -0.192. The average molecular weight is 478 g/mol. The molecule has 32 heavy (non-hydrogen) atoms. The Morgan fingerprint density at radius 2 is 1.88 bits per heavy atom. The second-order valence-corrected chi connectivity index (χ2v) is 9.06. The molecule has 1 atom stereocenters. The zero-order chi connectivity index (χ0) is 23.6. The fraction of sp³-hybridized carbons (Fsp3) is 0.550. The van der Waals surface area contributed by atoms with Crippen molar-refractivity contribution in [3.8, 4) is 0 Å². The monoisotopic (exact) mass is 478 g/mol. The number of carbonyl (C=O) groups is 1. The van der Waals surface area contributed by atoms with E-state index in [-0.39, 0.29) is 6.42 Å². The fourth-order valence-corrected chi connectivity index (χ4v) is 4.75. The van der Waals surface area contributed by atoms with Gasteiger partial charge in [-0.15, -0.1) is 16.4 Å². The molecule has 0 aromatic carbocycles. The molecule has 2 aliphatic rings. The van der Waals surface area contributed by atoms with Crippen LogP contribution < -0.4 is 4.90 Å². The first kappa shape index (κ1) is 24.3. The predicted octanol–water partition coefficient (Wildman–Crippen LogP) is 4.22. The maximum absolute atomic E-state index is 14.9. The SMILES string of the molecule is Cc1ccc(N2CCC3(CN(Cc4cccs4)CCC3(F)F)C2)nn1.O=C(O)C(F)(F)F. The molecular formula is C20H23F5N4O2S. The minimum absolute atomic E-state index is 0.0637. The van der Waals surface area contributed by atoms with Crippen molar-refractivity contribution in [2.24, 2.45) is 5.41 Å². The van der Waals surface area contributed by atoms with Gasteiger partial charge in [0.1, 0.15) is 0 Å². The minimum Gasteiger partial charge on any atom is -0.475 e. The summed E-state index contributed by atoms with van der Waals surface area (Å²) in [7, 11) is 0. The Balaban J connectivity index is 0.000000360. The van der Waals surface area contributed by atoms with Gasteiger partial charge in [0.2, 0.25) is 0 Å². The van der Waals surface area contributed by atoms with Crippen LogP contribution in [0.3, 0.4) is 0 Å². The number of nitrogens with zero attached hydrogens (tertiary/aromatic N) is 4. The van der Waals surface area contributed by atoms with E-state index in [4.69, 9.17) is 9.90 Å². The average Bonchev–Trinajstić information content (AvgIpc) is 3.37. The van der Waals surface area contributed by atoms with E-state index in [9.17, 15) is 22.0 Å². The van der Waals surface area contributed by atoms with Crippen molar-refractivity contribution in [2.75, 3.05) is 31.1 Å². The number of likely N-dealkylation sites (tertiary alicyclic amines) is 1. The molecule has 2 aromatic heterocycles. The van der Waals surface area contributed by atoms with E-state index < -0.39 is 23.5 Å². The van der Waals surface area contributed by atoms with Gasteiger partial charge in [0.05, 0.1) is 11.1 Å². The summed E-state index contributed by atoms with van der Waals surface area (Å²) in [6, 6.07) is 7.86. The first-order valence-corrected chi connectivity index (χ1v) is 10.8. The molecule has 1 N–H and O–H groups in total. The lowest BCUT2D eigenvalue weighted by Crippen LogP contribution is -2.56. The Kier molecular flexibility index (Phi) is 7.03. The van der Waals surface area contributed by atoms with Crippen LogP contribution in [0.5, 0.6) is 0 Å². The normalized spacial score (nSPS) is 23.1. The summed E-state index contributed by atoms with van der Waals surface area (Å²) < 4.78 is 61.5. The van der Waals surface area contributed by atoms with Crippen molar-refractivity contribution in [3.63, 3.8) is 0 Å². The van der Waals surface area contributed by atoms with E-state index in [1.165, 1.54) is 4.88 Å². The van der Waals surface area contributed by atoms with E-state index in [0.717, 1.165) is 12.2 Å². The molecule has 1 unspecified atom stereocenters. The van der Waals surface area contributed by atoms with Crippen molar-refractivity contribution in [1.82, 2.24) is 15.1 Å². The van der Waals surface area contributed by atoms with Crippen molar-refractivity contribution in [3.05, 3.63) is 40.2 Å². The maximum atomic E-state index is 14.9. The zero-order valence-corrected chi connectivity index (χ0v) is 18.1. The minimum atomic E-state index is -5.08. The molecule has 4 rings (SSSR count). The Bertz CT molecular complexity index is 908. The number of aryl methyl sites for hydroxylation is 1. The summed E-state index contributed by atoms with van der Waals surface area (Å²) in [5.74, 6) is -4.69. The number of aromatic nitrogens is 2. The number of carboxylic acid groups (broad SMARTS) is 1. The number of hydrogen-bond donors (Lipinski definition) is 1. The van der Waals surface area contributed by atoms with Crippen LogP contribution in [0.1, 0.15) is 23.4 Å². The van der Waals surface area contributed by atoms with Crippen LogP contribution in [-0.2, 0) is 11.3 Å². The molecule has 0 saturated carbocycles. The van der Waals surface area contributed by atoms with Gasteiger partial charge in [0, 0.05) is 44.0 Å². The highest BCUT2D eigenvalue weighted by atomic mass is 32.1. The number of alkyl halides is 5. The molecule has 4 heterocycles. The molecular weight excluding hydrogens is 455 g/mol. The van der Waals surface area contributed by atoms with Crippen LogP contribution in [0, 0.1) is 12.3 Å². The Morgan fingerprint density at radius 1 is 1.16 bits per heavy atom. The summed E-state index contributed by atoms with van der Waals surface area (Å²) in [5.41, 5.74) is -0.155. The summed E-state index contributed by atoms with van der Waals surface area (Å²) in [6.45, 7) is 4.49. The molecule has 176 valence electrons. The van der Waals surface area contributed by atoms with Gasteiger partial charge in [-0.2, -0.15) is 18.3 Å². The molecule has 2 aromatic rings. The Labute approximate surface area is 185 Å². The van der Waals surface area contributed by atoms with Gasteiger partial charge in [-0.25, -0.2) is 13.6 Å². The van der Waals surface area contributed by atoms with Gasteiger partial charge < -0.3 is 10.0 Å². The van der Waals surface area contributed by atoms with E-state index in [0.29, 0.717) is 38.4 Å². The van der Waals surface area contributed by atoms with Crippen molar-refractivity contribution in [1.29, 1.82) is 0 Å². The van der Waals surface area contributed by atoms with Crippen LogP contribution in [0.2, 0.25) is 0 Å². The quantitative estimate of drug-likeness (QED) is 0.667. The third kappa shape index (κ3) is 5.52. The van der Waals surface area contributed by atoms with E-state index in [1.807, 2.05) is 35.4 Å². The summed E-state index contributed by atoms with van der Waals surface area (Å²) in [5, 5.41) is 17.4. The lowest BCUT2D eigenvalue weighted by atomic mass is 9.75. The third-order valence-electron chi connectivity index (χ3n) is 5.71.